The zero-order valence-corrected chi connectivity index (χ0v) is 17.1. The molecule has 144 valence electrons. The number of hydrogen-bond acceptors (Lipinski definition) is 5. The quantitative estimate of drug-likeness (QED) is 0.277. The van der Waals surface area contributed by atoms with Crippen LogP contribution in [0.1, 0.15) is 37.8 Å². The first-order chi connectivity index (χ1) is 12.8. The first kappa shape index (κ1) is 22.6. The predicted molar refractivity (Wildman–Crippen MR) is 110 cm³/mol. The van der Waals surface area contributed by atoms with Gasteiger partial charge in [-0.25, -0.2) is 0 Å². The Kier molecular flexibility index (Phi) is 8.86. The van der Waals surface area contributed by atoms with Gasteiger partial charge >= 0.3 is 0 Å². The van der Waals surface area contributed by atoms with Gasteiger partial charge in [-0.15, -0.1) is 0 Å². The van der Waals surface area contributed by atoms with Crippen molar-refractivity contribution in [2.24, 2.45) is 0 Å². The minimum Gasteiger partial charge on any atom is -0.768 e. The van der Waals surface area contributed by atoms with E-state index in [9.17, 15) is 18.8 Å². The molecule has 27 heavy (non-hydrogen) atoms. The Balaban J connectivity index is 3.43. The van der Waals surface area contributed by atoms with Crippen LogP contribution in [0, 0.1) is 18.3 Å². The number of aryl methyl sites for hydroxylation is 1. The van der Waals surface area contributed by atoms with E-state index in [2.05, 4.69) is 6.58 Å². The Bertz CT molecular complexity index is 847. The lowest BCUT2D eigenvalue weighted by Gasteiger charge is -2.19. The first-order valence-corrected chi connectivity index (χ1v) is 9.75. The largest absolute Gasteiger partial charge is 0.768 e. The molecule has 0 aromatic heterocycles. The average Bonchev–Trinajstić information content (AvgIpc) is 2.64. The maximum absolute atomic E-state index is 12.7. The normalized spacial score (nSPS) is 13.0. The van der Waals surface area contributed by atoms with Gasteiger partial charge in [0.2, 0.25) is 0 Å². The summed E-state index contributed by atoms with van der Waals surface area (Å²) in [6.07, 6.45) is 4.63. The molecule has 1 atom stereocenters. The molecule has 0 aliphatic carbocycles. The molecule has 0 N–H and O–H groups in total. The van der Waals surface area contributed by atoms with Crippen LogP contribution in [0.15, 0.2) is 47.4 Å². The summed E-state index contributed by atoms with van der Waals surface area (Å²) in [7, 11) is 1.94. The second-order valence-electron chi connectivity index (χ2n) is 6.10. The molecule has 0 aliphatic heterocycles. The molecule has 0 fully saturated rings. The minimum atomic E-state index is -2.85. The molecular formula is C21H25N2O3S-. The molecule has 0 amide bonds. The van der Waals surface area contributed by atoms with Crippen molar-refractivity contribution >= 4 is 28.1 Å². The first-order valence-electron chi connectivity index (χ1n) is 8.67. The van der Waals surface area contributed by atoms with Crippen LogP contribution in [0.25, 0.3) is 5.57 Å². The average molecular weight is 386 g/mol. The van der Waals surface area contributed by atoms with Crippen LogP contribution in [0.4, 0.5) is 5.69 Å². The van der Waals surface area contributed by atoms with E-state index in [0.717, 1.165) is 17.8 Å². The van der Waals surface area contributed by atoms with Crippen molar-refractivity contribution in [1.29, 1.82) is 5.26 Å². The van der Waals surface area contributed by atoms with Gasteiger partial charge < -0.3 is 9.45 Å². The van der Waals surface area contributed by atoms with E-state index in [1.807, 2.05) is 50.1 Å². The summed E-state index contributed by atoms with van der Waals surface area (Å²) in [5.41, 5.74) is 2.12. The molecule has 0 saturated carbocycles. The van der Waals surface area contributed by atoms with Crippen LogP contribution >= 0.6 is 0 Å². The van der Waals surface area contributed by atoms with Gasteiger partial charge in [-0.05, 0) is 73.5 Å². The van der Waals surface area contributed by atoms with Gasteiger partial charge in [0.15, 0.2) is 5.78 Å². The number of nitrogens with zero attached hydrogens (tertiary/aromatic N) is 2. The number of carbonyl (C=O) groups excluding carboxylic acids is 1. The van der Waals surface area contributed by atoms with Crippen LogP contribution in [0.2, 0.25) is 0 Å². The van der Waals surface area contributed by atoms with E-state index < -0.39 is 21.8 Å². The van der Waals surface area contributed by atoms with Gasteiger partial charge in [-0.2, -0.15) is 5.26 Å². The number of carbonyl (C=O) groups is 1. The molecule has 1 unspecified atom stereocenters. The fraction of sp³-hybridized carbons (Fsp3) is 0.333. The molecule has 1 rings (SSSR count). The van der Waals surface area contributed by atoms with Crippen LogP contribution in [-0.4, -0.2) is 28.1 Å². The van der Waals surface area contributed by atoms with Crippen LogP contribution < -0.4 is 4.90 Å². The van der Waals surface area contributed by atoms with Gasteiger partial charge in [0.1, 0.15) is 6.07 Å². The maximum Gasteiger partial charge on any atom is 0.197 e. The summed E-state index contributed by atoms with van der Waals surface area (Å²) < 4.78 is 23.6. The SMILES string of the molecule is C=C(CCC=CC)C(=O)C(=C(C#N)c1ccc(N(C)CC)cc1C)S(=O)[O-]. The lowest BCUT2D eigenvalue weighted by molar-refractivity contribution is -0.111. The standard InChI is InChI=1S/C21H26N2O3S/c1-6-8-9-10-15(3)20(24)21(27(25)26)19(14-22)18-12-11-17(13-16(18)4)23(5)7-2/h6,8,11-13H,3,7,9-10H2,1-2,4-5H3,(H,25,26)/p-1. The Morgan fingerprint density at radius 1 is 1.44 bits per heavy atom. The fourth-order valence-corrected chi connectivity index (χ4v) is 3.17. The highest BCUT2D eigenvalue weighted by Crippen LogP contribution is 2.28. The zero-order chi connectivity index (χ0) is 20.6. The smallest absolute Gasteiger partial charge is 0.197 e. The molecule has 0 spiro atoms. The van der Waals surface area contributed by atoms with E-state index in [1.54, 1.807) is 19.1 Å². The van der Waals surface area contributed by atoms with Crippen molar-refractivity contribution in [3.63, 3.8) is 0 Å². The number of anilines is 1. The highest BCUT2D eigenvalue weighted by Gasteiger charge is 2.21. The Morgan fingerprint density at radius 3 is 2.59 bits per heavy atom. The summed E-state index contributed by atoms with van der Waals surface area (Å²) in [6, 6.07) is 7.26. The lowest BCUT2D eigenvalue weighted by atomic mass is 9.97. The second kappa shape index (κ2) is 10.6. The topological polar surface area (TPSA) is 84.2 Å². The number of rotatable bonds is 9. The minimum absolute atomic E-state index is 0.149. The van der Waals surface area contributed by atoms with E-state index in [1.165, 1.54) is 0 Å². The van der Waals surface area contributed by atoms with Gasteiger partial charge in [-0.1, -0.05) is 24.8 Å². The second-order valence-corrected chi connectivity index (χ2v) is 6.98. The number of Topliss-reactive ketones (excluding diaryl/α,β-unsaturated/α-hetero) is 1. The number of hydrogen-bond donors (Lipinski definition) is 0. The van der Waals surface area contributed by atoms with E-state index in [-0.39, 0.29) is 11.1 Å². The maximum atomic E-state index is 12.7. The lowest BCUT2D eigenvalue weighted by Crippen LogP contribution is -2.16. The molecular weight excluding hydrogens is 360 g/mol. The molecule has 1 aromatic carbocycles. The number of allylic oxidation sites excluding steroid dienone is 5. The van der Waals surface area contributed by atoms with Gasteiger partial charge in [0.25, 0.3) is 0 Å². The van der Waals surface area contributed by atoms with Crippen molar-refractivity contribution in [2.75, 3.05) is 18.5 Å². The van der Waals surface area contributed by atoms with Crippen molar-refractivity contribution in [2.45, 2.75) is 33.6 Å². The molecule has 0 heterocycles. The molecule has 1 aromatic rings. The Hall–Kier alpha value is -2.49. The Labute approximate surface area is 164 Å². The van der Waals surface area contributed by atoms with Gasteiger partial charge in [-0.3, -0.25) is 9.00 Å². The molecule has 0 radical (unpaired) electrons. The summed E-state index contributed by atoms with van der Waals surface area (Å²) in [5.74, 6) is -0.710. The molecule has 0 aliphatic rings. The molecule has 6 heteroatoms. The predicted octanol–water partition coefficient (Wildman–Crippen LogP) is 4.05. The Morgan fingerprint density at radius 2 is 2.11 bits per heavy atom. The summed E-state index contributed by atoms with van der Waals surface area (Å²) in [5, 5.41) is 9.61. The van der Waals surface area contributed by atoms with Crippen molar-refractivity contribution in [3.8, 4) is 6.07 Å². The molecule has 5 nitrogen and oxygen atoms in total. The van der Waals surface area contributed by atoms with Gasteiger partial charge in [0.05, 0.1) is 10.5 Å². The summed E-state index contributed by atoms with van der Waals surface area (Å²) in [6.45, 7) is 10.2. The third-order valence-corrected chi connectivity index (χ3v) is 5.00. The monoisotopic (exact) mass is 385 g/mol. The van der Waals surface area contributed by atoms with E-state index >= 15 is 0 Å². The zero-order valence-electron chi connectivity index (χ0n) is 16.2. The molecule has 0 saturated heterocycles. The third-order valence-electron chi connectivity index (χ3n) is 4.28. The highest BCUT2D eigenvalue weighted by atomic mass is 32.2. The summed E-state index contributed by atoms with van der Waals surface area (Å²) in [4.78, 5) is 14.1. The number of ketones is 1. The van der Waals surface area contributed by atoms with E-state index in [4.69, 9.17) is 0 Å². The van der Waals surface area contributed by atoms with Crippen LogP contribution in [0.5, 0.6) is 0 Å². The van der Waals surface area contributed by atoms with Crippen molar-refractivity contribution in [1.82, 2.24) is 0 Å². The number of benzene rings is 1. The van der Waals surface area contributed by atoms with Gasteiger partial charge in [0, 0.05) is 19.3 Å². The van der Waals surface area contributed by atoms with Crippen LogP contribution in [0.3, 0.4) is 0 Å². The number of nitriles is 1. The highest BCUT2D eigenvalue weighted by molar-refractivity contribution is 7.84. The summed E-state index contributed by atoms with van der Waals surface area (Å²) >= 11 is -2.85. The van der Waals surface area contributed by atoms with E-state index in [0.29, 0.717) is 18.4 Å². The molecule has 0 bridgehead atoms. The van der Waals surface area contributed by atoms with Crippen molar-refractivity contribution < 1.29 is 13.6 Å². The third kappa shape index (κ3) is 5.75. The fourth-order valence-electron chi connectivity index (χ4n) is 2.55. The van der Waals surface area contributed by atoms with Crippen molar-refractivity contribution in [3.05, 3.63) is 58.5 Å². The van der Waals surface area contributed by atoms with Crippen LogP contribution in [-0.2, 0) is 15.9 Å².